The second-order valence-electron chi connectivity index (χ2n) is 7.16. The van der Waals surface area contributed by atoms with Crippen LogP contribution in [0.1, 0.15) is 35.5 Å². The first kappa shape index (κ1) is 22.9. The zero-order chi connectivity index (χ0) is 22.9. The molecule has 0 saturated heterocycles. The summed E-state index contributed by atoms with van der Waals surface area (Å²) in [6.07, 6.45) is 0. The maximum Gasteiger partial charge on any atom is 0.341 e. The number of aromatic carboxylic acids is 1. The van der Waals surface area contributed by atoms with Gasteiger partial charge in [-0.05, 0) is 63.1 Å². The molecule has 3 rings (SSSR count). The van der Waals surface area contributed by atoms with Crippen molar-refractivity contribution in [3.05, 3.63) is 73.5 Å². The zero-order valence-electron chi connectivity index (χ0n) is 17.8. The van der Waals surface area contributed by atoms with Crippen molar-refractivity contribution in [2.45, 2.75) is 34.2 Å². The van der Waals surface area contributed by atoms with Crippen LogP contribution in [-0.4, -0.2) is 22.2 Å². The molecule has 0 saturated carbocycles. The Morgan fingerprint density at radius 1 is 1.03 bits per heavy atom. The van der Waals surface area contributed by atoms with Crippen LogP contribution in [-0.2, 0) is 6.54 Å². The van der Waals surface area contributed by atoms with Gasteiger partial charge in [-0.3, -0.25) is 4.79 Å². The van der Waals surface area contributed by atoms with Crippen LogP contribution in [0.25, 0.3) is 22.4 Å². The van der Waals surface area contributed by atoms with Crippen molar-refractivity contribution in [1.82, 2.24) is 4.57 Å². The van der Waals surface area contributed by atoms with E-state index in [2.05, 4.69) is 0 Å². The summed E-state index contributed by atoms with van der Waals surface area (Å²) in [5, 5.41) is 10.6. The second-order valence-corrected chi connectivity index (χ2v) is 7.97. The maximum atomic E-state index is 13.5. The number of rotatable bonds is 6. The summed E-state index contributed by atoms with van der Waals surface area (Å²) >= 11 is 12.2. The first-order valence-electron chi connectivity index (χ1n) is 9.90. The largest absolute Gasteiger partial charge is 0.494 e. The summed E-state index contributed by atoms with van der Waals surface area (Å²) in [5.41, 5.74) is 2.49. The smallest absolute Gasteiger partial charge is 0.341 e. The molecule has 0 aliphatic carbocycles. The molecule has 1 N–H and O–H groups in total. The lowest BCUT2D eigenvalue weighted by Crippen LogP contribution is -2.25. The van der Waals surface area contributed by atoms with E-state index in [1.165, 1.54) is 0 Å². The molecule has 0 unspecified atom stereocenters. The minimum atomic E-state index is -1.30. The van der Waals surface area contributed by atoms with Gasteiger partial charge in [0.25, 0.3) is 0 Å². The van der Waals surface area contributed by atoms with Crippen molar-refractivity contribution < 1.29 is 14.6 Å². The second kappa shape index (κ2) is 9.16. The number of halogens is 2. The minimum Gasteiger partial charge on any atom is -0.494 e. The minimum absolute atomic E-state index is 0.285. The molecule has 0 aliphatic rings. The van der Waals surface area contributed by atoms with Crippen molar-refractivity contribution in [3.63, 3.8) is 0 Å². The molecule has 3 aromatic rings. The van der Waals surface area contributed by atoms with E-state index in [0.29, 0.717) is 52.0 Å². The van der Waals surface area contributed by atoms with Crippen molar-refractivity contribution in [2.24, 2.45) is 0 Å². The fourth-order valence-electron chi connectivity index (χ4n) is 3.85. The molecule has 0 bridgehead atoms. The predicted molar refractivity (Wildman–Crippen MR) is 125 cm³/mol. The normalized spacial score (nSPS) is 10.9. The van der Waals surface area contributed by atoms with Crippen molar-refractivity contribution >= 4 is 29.2 Å². The molecule has 1 heterocycles. The number of hydrogen-bond acceptors (Lipinski definition) is 3. The average molecular weight is 460 g/mol. The van der Waals surface area contributed by atoms with Gasteiger partial charge in [-0.1, -0.05) is 35.3 Å². The highest BCUT2D eigenvalue weighted by Gasteiger charge is 2.26. The fourth-order valence-corrected chi connectivity index (χ4v) is 4.15. The highest BCUT2D eigenvalue weighted by molar-refractivity contribution is 6.42. The van der Waals surface area contributed by atoms with Gasteiger partial charge >= 0.3 is 5.97 Å². The van der Waals surface area contributed by atoms with Crippen LogP contribution in [0.4, 0.5) is 0 Å². The Morgan fingerprint density at radius 3 is 2.32 bits per heavy atom. The van der Waals surface area contributed by atoms with Crippen LogP contribution in [0.2, 0.25) is 10.0 Å². The number of benzene rings is 2. The number of carbonyl (C=O) groups is 1. The van der Waals surface area contributed by atoms with Gasteiger partial charge in [0.1, 0.15) is 11.3 Å². The Balaban J connectivity index is 2.42. The van der Waals surface area contributed by atoms with Gasteiger partial charge in [0.05, 0.1) is 22.3 Å². The lowest BCUT2D eigenvalue weighted by molar-refractivity contribution is 0.0695. The molecule has 2 aromatic carbocycles. The average Bonchev–Trinajstić information content (AvgIpc) is 2.69. The van der Waals surface area contributed by atoms with E-state index < -0.39 is 11.4 Å². The number of carboxylic acid groups (broad SMARTS) is 1. The van der Waals surface area contributed by atoms with E-state index in [0.717, 1.165) is 5.56 Å². The molecule has 5 nitrogen and oxygen atoms in total. The van der Waals surface area contributed by atoms with Crippen LogP contribution in [0.15, 0.2) is 41.2 Å². The molecule has 1 aromatic heterocycles. The highest BCUT2D eigenvalue weighted by Crippen LogP contribution is 2.34. The van der Waals surface area contributed by atoms with Crippen LogP contribution in [0, 0.1) is 13.8 Å². The third kappa shape index (κ3) is 4.34. The van der Waals surface area contributed by atoms with Crippen LogP contribution in [0.5, 0.6) is 5.75 Å². The van der Waals surface area contributed by atoms with Crippen molar-refractivity contribution in [3.8, 4) is 28.1 Å². The van der Waals surface area contributed by atoms with Gasteiger partial charge < -0.3 is 14.4 Å². The molecule has 7 heteroatoms. The van der Waals surface area contributed by atoms with Crippen molar-refractivity contribution in [1.29, 1.82) is 0 Å². The lowest BCUT2D eigenvalue weighted by atomic mass is 9.95. The van der Waals surface area contributed by atoms with E-state index in [-0.39, 0.29) is 10.6 Å². The predicted octanol–water partition coefficient (Wildman–Crippen LogP) is 6.22. The third-order valence-corrected chi connectivity index (χ3v) is 5.84. The van der Waals surface area contributed by atoms with Crippen molar-refractivity contribution in [2.75, 3.05) is 6.61 Å². The standard InChI is InChI=1S/C24H23Cl2NO4/c1-5-27-14(4)20(16-9-13(3)10-17(11-16)31-6-2)23(28)21(24(29)30)22(27)15-7-8-18(25)19(26)12-15/h7-12H,5-6H2,1-4H3,(H,29,30). The Hall–Kier alpha value is -2.76. The molecule has 0 fully saturated rings. The third-order valence-electron chi connectivity index (χ3n) is 5.10. The molecule has 0 spiro atoms. The molecule has 0 radical (unpaired) electrons. The fraction of sp³-hybridized carbons (Fsp3) is 0.250. The van der Waals surface area contributed by atoms with Gasteiger partial charge in [-0.2, -0.15) is 0 Å². The van der Waals surface area contributed by atoms with Crippen LogP contribution < -0.4 is 10.2 Å². The summed E-state index contributed by atoms with van der Waals surface area (Å²) in [5.74, 6) is -0.669. The summed E-state index contributed by atoms with van der Waals surface area (Å²) in [6.45, 7) is 8.44. The Bertz CT molecular complexity index is 1230. The summed E-state index contributed by atoms with van der Waals surface area (Å²) in [7, 11) is 0. The Morgan fingerprint density at radius 2 is 1.74 bits per heavy atom. The Kier molecular flexibility index (Phi) is 6.77. The molecule has 162 valence electrons. The first-order chi connectivity index (χ1) is 14.7. The number of nitrogens with zero attached hydrogens (tertiary/aromatic N) is 1. The Labute approximate surface area is 190 Å². The quantitative estimate of drug-likeness (QED) is 0.474. The zero-order valence-corrected chi connectivity index (χ0v) is 19.3. The van der Waals surface area contributed by atoms with Crippen LogP contribution >= 0.6 is 23.2 Å². The number of ether oxygens (including phenoxy) is 1. The van der Waals surface area contributed by atoms with E-state index in [1.807, 2.05) is 44.4 Å². The molecule has 0 aliphatic heterocycles. The van der Waals surface area contributed by atoms with Gasteiger partial charge in [0, 0.05) is 23.4 Å². The van der Waals surface area contributed by atoms with Gasteiger partial charge in [-0.25, -0.2) is 4.79 Å². The van der Waals surface area contributed by atoms with E-state index in [4.69, 9.17) is 27.9 Å². The molecule has 0 atom stereocenters. The molecular formula is C24H23Cl2NO4. The SMILES string of the molecule is CCOc1cc(C)cc(-c2c(C)n(CC)c(-c3ccc(Cl)c(Cl)c3)c(C(=O)O)c2=O)c1. The van der Waals surface area contributed by atoms with Gasteiger partial charge in [-0.15, -0.1) is 0 Å². The topological polar surface area (TPSA) is 68.5 Å². The number of aryl methyl sites for hydroxylation is 1. The molecular weight excluding hydrogens is 437 g/mol. The summed E-state index contributed by atoms with van der Waals surface area (Å²) < 4.78 is 7.45. The number of pyridine rings is 1. The molecule has 31 heavy (non-hydrogen) atoms. The van der Waals surface area contributed by atoms with E-state index in [9.17, 15) is 14.7 Å². The van der Waals surface area contributed by atoms with Crippen LogP contribution in [0.3, 0.4) is 0 Å². The number of carboxylic acids is 1. The highest BCUT2D eigenvalue weighted by atomic mass is 35.5. The monoisotopic (exact) mass is 459 g/mol. The summed E-state index contributed by atoms with van der Waals surface area (Å²) in [4.78, 5) is 25.8. The summed E-state index contributed by atoms with van der Waals surface area (Å²) in [6, 6.07) is 10.3. The first-order valence-corrected chi connectivity index (χ1v) is 10.7. The number of hydrogen-bond donors (Lipinski definition) is 1. The van der Waals surface area contributed by atoms with Gasteiger partial charge in [0.15, 0.2) is 0 Å². The maximum absolute atomic E-state index is 13.5. The van der Waals surface area contributed by atoms with E-state index >= 15 is 0 Å². The number of aromatic nitrogens is 1. The van der Waals surface area contributed by atoms with E-state index in [1.54, 1.807) is 24.3 Å². The lowest BCUT2D eigenvalue weighted by Gasteiger charge is -2.21. The van der Waals surface area contributed by atoms with Gasteiger partial charge in [0.2, 0.25) is 5.43 Å². The molecule has 0 amide bonds.